The summed E-state index contributed by atoms with van der Waals surface area (Å²) >= 11 is 0. The zero-order chi connectivity index (χ0) is 20.4. The van der Waals surface area contributed by atoms with Crippen LogP contribution < -0.4 is 4.90 Å². The molecule has 5 heteroatoms. The number of nitrogens with zero attached hydrogens (tertiary/aromatic N) is 3. The Labute approximate surface area is 172 Å². The molecule has 1 aromatic carbocycles. The van der Waals surface area contributed by atoms with Gasteiger partial charge in [-0.1, -0.05) is 11.8 Å². The van der Waals surface area contributed by atoms with Crippen molar-refractivity contribution >= 4 is 16.7 Å². The molecule has 0 amide bonds. The van der Waals surface area contributed by atoms with E-state index in [1.54, 1.807) is 7.11 Å². The minimum absolute atomic E-state index is 0.423. The number of fused-ring (bicyclic) bond motifs is 1. The summed E-state index contributed by atoms with van der Waals surface area (Å²) in [5, 5.41) is 1.05. The molecule has 0 spiro atoms. The van der Waals surface area contributed by atoms with Gasteiger partial charge in [0.1, 0.15) is 12.3 Å². The number of methoxy groups -OCH3 is 1. The van der Waals surface area contributed by atoms with E-state index in [-0.39, 0.29) is 0 Å². The maximum absolute atomic E-state index is 5.03. The minimum atomic E-state index is 0.423. The lowest BCUT2D eigenvalue weighted by Crippen LogP contribution is -2.45. The van der Waals surface area contributed by atoms with Crippen molar-refractivity contribution in [3.63, 3.8) is 0 Å². The molecular weight excluding hydrogens is 360 g/mol. The number of rotatable bonds is 3. The molecule has 29 heavy (non-hydrogen) atoms. The molecule has 3 heterocycles. The average Bonchev–Trinajstić information content (AvgIpc) is 3.11. The molecule has 0 unspecified atom stereocenters. The summed E-state index contributed by atoms with van der Waals surface area (Å²) in [7, 11) is 3.85. The number of anilines is 1. The second-order valence-electron chi connectivity index (χ2n) is 7.81. The first-order valence-electron chi connectivity index (χ1n) is 10.1. The molecule has 1 N–H and O–H groups in total. The van der Waals surface area contributed by atoms with Gasteiger partial charge in [0.05, 0.1) is 5.56 Å². The lowest BCUT2D eigenvalue weighted by Gasteiger charge is -2.36. The van der Waals surface area contributed by atoms with Crippen LogP contribution >= 0.6 is 0 Å². The molecule has 0 saturated carbocycles. The van der Waals surface area contributed by atoms with Crippen molar-refractivity contribution in [3.05, 3.63) is 47.3 Å². The summed E-state index contributed by atoms with van der Waals surface area (Å²) in [4.78, 5) is 12.7. The van der Waals surface area contributed by atoms with Gasteiger partial charge < -0.3 is 19.5 Å². The number of likely N-dealkylation sites (N-methyl/N-ethyl adjacent to an activating group) is 1. The largest absolute Gasteiger partial charge is 0.372 e. The third-order valence-corrected chi connectivity index (χ3v) is 5.61. The first kappa shape index (κ1) is 19.5. The number of pyridine rings is 1. The van der Waals surface area contributed by atoms with Crippen LogP contribution in [0.4, 0.5) is 5.69 Å². The van der Waals surface area contributed by atoms with Crippen molar-refractivity contribution in [2.45, 2.75) is 13.8 Å². The van der Waals surface area contributed by atoms with Gasteiger partial charge in [0.2, 0.25) is 0 Å². The predicted octanol–water partition coefficient (Wildman–Crippen LogP) is 3.60. The average molecular weight is 389 g/mol. The Morgan fingerprint density at radius 2 is 1.79 bits per heavy atom. The summed E-state index contributed by atoms with van der Waals surface area (Å²) in [5.74, 6) is 6.19. The highest BCUT2D eigenvalue weighted by atomic mass is 16.5. The number of aryl methyl sites for hydroxylation is 2. The first-order chi connectivity index (χ1) is 14.1. The van der Waals surface area contributed by atoms with Crippen LogP contribution in [0.5, 0.6) is 0 Å². The summed E-state index contributed by atoms with van der Waals surface area (Å²) in [6, 6.07) is 6.75. The third-order valence-electron chi connectivity index (χ3n) is 5.61. The Morgan fingerprint density at radius 1 is 1.07 bits per heavy atom. The Hall–Kier alpha value is -2.81. The summed E-state index contributed by atoms with van der Waals surface area (Å²) in [6.45, 7) is 9.24. The Bertz CT molecular complexity index is 1060. The van der Waals surface area contributed by atoms with Crippen molar-refractivity contribution in [1.29, 1.82) is 0 Å². The smallest absolute Gasteiger partial charge is 0.138 e. The fourth-order valence-electron chi connectivity index (χ4n) is 4.12. The van der Waals surface area contributed by atoms with Crippen molar-refractivity contribution in [3.8, 4) is 23.0 Å². The molecule has 1 aliphatic rings. The van der Waals surface area contributed by atoms with Gasteiger partial charge in [-0.05, 0) is 55.8 Å². The molecule has 0 aliphatic carbocycles. The van der Waals surface area contributed by atoms with Crippen LogP contribution in [0.3, 0.4) is 0 Å². The van der Waals surface area contributed by atoms with Crippen LogP contribution in [-0.4, -0.2) is 61.8 Å². The van der Waals surface area contributed by atoms with Crippen LogP contribution in [0.25, 0.3) is 22.2 Å². The highest BCUT2D eigenvalue weighted by molar-refractivity contribution is 5.87. The van der Waals surface area contributed by atoms with Gasteiger partial charge in [-0.25, -0.2) is 4.98 Å². The van der Waals surface area contributed by atoms with Gasteiger partial charge in [0, 0.05) is 62.3 Å². The van der Waals surface area contributed by atoms with Crippen molar-refractivity contribution in [2.75, 3.05) is 51.8 Å². The number of benzene rings is 1. The fourth-order valence-corrected chi connectivity index (χ4v) is 4.12. The molecule has 2 aromatic heterocycles. The van der Waals surface area contributed by atoms with E-state index in [4.69, 9.17) is 4.74 Å². The summed E-state index contributed by atoms with van der Waals surface area (Å²) in [6.07, 6.45) is 3.85. The number of ether oxygens (including phenoxy) is 1. The lowest BCUT2D eigenvalue weighted by atomic mass is 9.98. The van der Waals surface area contributed by atoms with Crippen molar-refractivity contribution in [2.24, 2.45) is 0 Å². The van der Waals surface area contributed by atoms with E-state index in [2.05, 4.69) is 70.7 Å². The molecule has 4 rings (SSSR count). The van der Waals surface area contributed by atoms with Gasteiger partial charge >= 0.3 is 0 Å². The van der Waals surface area contributed by atoms with E-state index in [0.29, 0.717) is 6.61 Å². The van der Waals surface area contributed by atoms with E-state index >= 15 is 0 Å². The number of aromatic amines is 1. The van der Waals surface area contributed by atoms with E-state index in [9.17, 15) is 0 Å². The molecule has 3 aromatic rings. The van der Waals surface area contributed by atoms with Crippen LogP contribution in [0.1, 0.15) is 16.7 Å². The SMILES string of the molecule is COCC#Cc1c[nH]c2ncc(-c3cc(C)c(N4CCN(C)CC4)c(C)c3)cc12. The molecule has 1 aliphatic heterocycles. The van der Waals surface area contributed by atoms with Crippen LogP contribution in [-0.2, 0) is 4.74 Å². The predicted molar refractivity (Wildman–Crippen MR) is 119 cm³/mol. The number of H-pyrrole nitrogens is 1. The summed E-state index contributed by atoms with van der Waals surface area (Å²) < 4.78 is 5.03. The Balaban J connectivity index is 1.69. The van der Waals surface area contributed by atoms with Gasteiger partial charge in [-0.15, -0.1) is 0 Å². The standard InChI is InChI=1S/C24H28N4O/c1-17-12-20(13-18(2)23(17)28-9-7-27(3)8-10-28)21-14-22-19(6-5-11-29-4)15-25-24(22)26-16-21/h12-16H,7-11H2,1-4H3,(H,25,26). The van der Waals surface area contributed by atoms with Crippen LogP contribution in [0, 0.1) is 25.7 Å². The minimum Gasteiger partial charge on any atom is -0.372 e. The molecule has 0 atom stereocenters. The zero-order valence-electron chi connectivity index (χ0n) is 17.7. The number of hydrogen-bond acceptors (Lipinski definition) is 4. The molecule has 0 radical (unpaired) electrons. The number of hydrogen-bond donors (Lipinski definition) is 1. The lowest BCUT2D eigenvalue weighted by molar-refractivity contribution is 0.240. The Kier molecular flexibility index (Phi) is 5.57. The molecule has 150 valence electrons. The van der Waals surface area contributed by atoms with Crippen LogP contribution in [0.15, 0.2) is 30.6 Å². The molecule has 1 saturated heterocycles. The summed E-state index contributed by atoms with van der Waals surface area (Å²) in [5.41, 5.74) is 8.14. The normalized spacial score (nSPS) is 14.8. The number of nitrogens with one attached hydrogen (secondary N) is 1. The monoisotopic (exact) mass is 388 g/mol. The van der Waals surface area contributed by atoms with Crippen molar-refractivity contribution < 1.29 is 4.74 Å². The van der Waals surface area contributed by atoms with Gasteiger partial charge in [0.25, 0.3) is 0 Å². The zero-order valence-corrected chi connectivity index (χ0v) is 17.7. The van der Waals surface area contributed by atoms with E-state index in [1.807, 2.05) is 12.4 Å². The van der Waals surface area contributed by atoms with Gasteiger partial charge in [0.15, 0.2) is 0 Å². The highest BCUT2D eigenvalue weighted by Crippen LogP contribution is 2.32. The second-order valence-corrected chi connectivity index (χ2v) is 7.81. The molecular formula is C24H28N4O. The van der Waals surface area contributed by atoms with E-state index in [1.165, 1.54) is 22.4 Å². The number of piperazine rings is 1. The maximum atomic E-state index is 5.03. The van der Waals surface area contributed by atoms with E-state index in [0.717, 1.165) is 48.3 Å². The quantitative estimate of drug-likeness (QED) is 0.697. The number of aromatic nitrogens is 2. The Morgan fingerprint density at radius 3 is 2.48 bits per heavy atom. The topological polar surface area (TPSA) is 44.4 Å². The van der Waals surface area contributed by atoms with Gasteiger partial charge in [-0.2, -0.15) is 0 Å². The fraction of sp³-hybridized carbons (Fsp3) is 0.375. The van der Waals surface area contributed by atoms with Crippen LogP contribution in [0.2, 0.25) is 0 Å². The van der Waals surface area contributed by atoms with Gasteiger partial charge in [-0.3, -0.25) is 0 Å². The maximum Gasteiger partial charge on any atom is 0.138 e. The first-order valence-corrected chi connectivity index (χ1v) is 10.1. The van der Waals surface area contributed by atoms with E-state index < -0.39 is 0 Å². The molecule has 5 nitrogen and oxygen atoms in total. The molecule has 1 fully saturated rings. The third kappa shape index (κ3) is 4.00. The highest BCUT2D eigenvalue weighted by Gasteiger charge is 2.18. The molecule has 0 bridgehead atoms. The second kappa shape index (κ2) is 8.28. The van der Waals surface area contributed by atoms with Crippen molar-refractivity contribution in [1.82, 2.24) is 14.9 Å².